The van der Waals surface area contributed by atoms with E-state index in [0.29, 0.717) is 6.54 Å². The van der Waals surface area contributed by atoms with E-state index >= 15 is 0 Å². The van der Waals surface area contributed by atoms with Crippen LogP contribution in [-0.2, 0) is 4.74 Å². The normalized spacial score (nSPS) is 26.8. The van der Waals surface area contributed by atoms with Crippen LogP contribution in [0.4, 0.5) is 4.79 Å². The van der Waals surface area contributed by atoms with Gasteiger partial charge < -0.3 is 14.7 Å². The molecular weight excluding hydrogens is 280 g/mol. The van der Waals surface area contributed by atoms with Crippen molar-refractivity contribution in [3.05, 3.63) is 0 Å². The quantitative estimate of drug-likeness (QED) is 0.785. The fourth-order valence-corrected chi connectivity index (χ4v) is 3.71. The second kappa shape index (κ2) is 9.36. The molecule has 0 bridgehead atoms. The van der Waals surface area contributed by atoms with E-state index < -0.39 is 6.09 Å². The summed E-state index contributed by atoms with van der Waals surface area (Å²) in [7, 11) is 1.67. The summed E-state index contributed by atoms with van der Waals surface area (Å²) < 4.78 is 5.38. The second-order valence-electron chi connectivity index (χ2n) is 6.98. The van der Waals surface area contributed by atoms with Gasteiger partial charge in [-0.25, -0.2) is 4.79 Å². The lowest BCUT2D eigenvalue weighted by atomic mass is 9.78. The van der Waals surface area contributed by atoms with Crippen LogP contribution in [0.5, 0.6) is 0 Å². The number of carbonyl (C=O) groups is 1. The molecule has 0 spiro atoms. The van der Waals surface area contributed by atoms with Crippen molar-refractivity contribution in [2.24, 2.45) is 11.8 Å². The van der Waals surface area contributed by atoms with Crippen molar-refractivity contribution in [1.82, 2.24) is 9.80 Å². The fraction of sp³-hybridized carbons (Fsp3) is 0.941. The van der Waals surface area contributed by atoms with Crippen LogP contribution >= 0.6 is 0 Å². The first-order valence-corrected chi connectivity index (χ1v) is 8.89. The molecule has 5 nitrogen and oxygen atoms in total. The molecule has 0 unspecified atom stereocenters. The first-order chi connectivity index (χ1) is 10.6. The van der Waals surface area contributed by atoms with Crippen LogP contribution in [-0.4, -0.2) is 67.4 Å². The maximum absolute atomic E-state index is 10.8. The van der Waals surface area contributed by atoms with Gasteiger partial charge in [0.25, 0.3) is 0 Å². The summed E-state index contributed by atoms with van der Waals surface area (Å²) in [5, 5.41) is 8.87. The van der Waals surface area contributed by atoms with Crippen molar-refractivity contribution in [3.8, 4) is 0 Å². The minimum Gasteiger partial charge on any atom is -0.465 e. The first-order valence-electron chi connectivity index (χ1n) is 8.89. The van der Waals surface area contributed by atoms with Crippen LogP contribution in [0.2, 0.25) is 0 Å². The van der Waals surface area contributed by atoms with E-state index in [2.05, 4.69) is 4.90 Å². The topological polar surface area (TPSA) is 53.0 Å². The highest BCUT2D eigenvalue weighted by atomic mass is 16.5. The monoisotopic (exact) mass is 312 g/mol. The van der Waals surface area contributed by atoms with E-state index in [-0.39, 0.29) is 0 Å². The van der Waals surface area contributed by atoms with E-state index in [4.69, 9.17) is 9.84 Å². The van der Waals surface area contributed by atoms with Crippen LogP contribution in [0.3, 0.4) is 0 Å². The molecule has 2 rings (SSSR count). The Kier molecular flexibility index (Phi) is 7.46. The van der Waals surface area contributed by atoms with Gasteiger partial charge >= 0.3 is 6.09 Å². The highest BCUT2D eigenvalue weighted by Crippen LogP contribution is 2.33. The zero-order chi connectivity index (χ0) is 15.8. The van der Waals surface area contributed by atoms with Gasteiger partial charge in [-0.3, -0.25) is 4.90 Å². The van der Waals surface area contributed by atoms with E-state index in [1.807, 2.05) is 0 Å². The molecule has 1 N–H and O–H groups in total. The van der Waals surface area contributed by atoms with Gasteiger partial charge in [-0.15, -0.1) is 0 Å². The van der Waals surface area contributed by atoms with Gasteiger partial charge in [-0.1, -0.05) is 25.7 Å². The summed E-state index contributed by atoms with van der Waals surface area (Å²) in [6.45, 7) is 5.91. The Morgan fingerprint density at radius 2 is 1.73 bits per heavy atom. The van der Waals surface area contributed by atoms with Gasteiger partial charge in [0.2, 0.25) is 0 Å². The molecule has 1 amide bonds. The Morgan fingerprint density at radius 1 is 1.14 bits per heavy atom. The van der Waals surface area contributed by atoms with E-state index in [1.165, 1.54) is 50.0 Å². The van der Waals surface area contributed by atoms with Crippen molar-refractivity contribution < 1.29 is 14.6 Å². The Bertz CT molecular complexity index is 324. The number of morpholine rings is 1. The molecular formula is C17H32N2O3. The molecule has 1 saturated carbocycles. The molecule has 128 valence electrons. The largest absolute Gasteiger partial charge is 0.465 e. The molecule has 1 aliphatic carbocycles. The second-order valence-corrected chi connectivity index (χ2v) is 6.98. The molecule has 2 aliphatic rings. The Labute approximate surface area is 134 Å². The lowest BCUT2D eigenvalue weighted by molar-refractivity contribution is 0.0363. The fourth-order valence-electron chi connectivity index (χ4n) is 3.71. The molecule has 1 heterocycles. The minimum absolute atomic E-state index is 0.682. The number of hydrogen-bond acceptors (Lipinski definition) is 3. The minimum atomic E-state index is -0.809. The van der Waals surface area contributed by atoms with Gasteiger partial charge in [0, 0.05) is 26.7 Å². The number of amides is 1. The van der Waals surface area contributed by atoms with Crippen LogP contribution in [0, 0.1) is 11.8 Å². The predicted molar refractivity (Wildman–Crippen MR) is 87.2 cm³/mol. The predicted octanol–water partition coefficient (Wildman–Crippen LogP) is 2.91. The highest BCUT2D eigenvalue weighted by Gasteiger charge is 2.22. The molecule has 1 aliphatic heterocycles. The van der Waals surface area contributed by atoms with Crippen LogP contribution in [0.15, 0.2) is 0 Å². The summed E-state index contributed by atoms with van der Waals surface area (Å²) in [6.07, 6.45) is 8.15. The molecule has 0 radical (unpaired) electrons. The molecule has 0 aromatic carbocycles. The molecule has 0 aromatic heterocycles. The lowest BCUT2D eigenvalue weighted by Crippen LogP contribution is -2.37. The molecule has 2 fully saturated rings. The number of ether oxygens (including phenoxy) is 1. The Hall–Kier alpha value is -0.810. The summed E-state index contributed by atoms with van der Waals surface area (Å²) in [4.78, 5) is 14.7. The van der Waals surface area contributed by atoms with Crippen molar-refractivity contribution in [2.45, 2.75) is 44.9 Å². The third-order valence-corrected chi connectivity index (χ3v) is 5.36. The first kappa shape index (κ1) is 17.5. The molecule has 22 heavy (non-hydrogen) atoms. The third-order valence-electron chi connectivity index (χ3n) is 5.36. The Balaban J connectivity index is 1.52. The van der Waals surface area contributed by atoms with Gasteiger partial charge in [0.15, 0.2) is 0 Å². The Morgan fingerprint density at radius 3 is 2.32 bits per heavy atom. The lowest BCUT2D eigenvalue weighted by Gasteiger charge is -2.30. The van der Waals surface area contributed by atoms with Gasteiger partial charge in [-0.2, -0.15) is 0 Å². The molecule has 5 heteroatoms. The van der Waals surface area contributed by atoms with Crippen molar-refractivity contribution in [1.29, 1.82) is 0 Å². The van der Waals surface area contributed by atoms with Gasteiger partial charge in [0.1, 0.15) is 0 Å². The molecule has 0 atom stereocenters. The van der Waals surface area contributed by atoms with Crippen molar-refractivity contribution in [3.63, 3.8) is 0 Å². The maximum Gasteiger partial charge on any atom is 0.407 e. The van der Waals surface area contributed by atoms with E-state index in [1.54, 1.807) is 7.05 Å². The summed E-state index contributed by atoms with van der Waals surface area (Å²) in [5.41, 5.74) is 0. The summed E-state index contributed by atoms with van der Waals surface area (Å²) in [5.74, 6) is 1.63. The molecule has 1 saturated heterocycles. The standard InChI is InChI=1S/C17H32N2O3/c1-18(17(20)21)10-8-16-6-4-15(5-7-16)3-2-9-19-11-13-22-14-12-19/h15-16H,2-14H2,1H3,(H,20,21). The van der Waals surface area contributed by atoms with E-state index in [9.17, 15) is 4.79 Å². The van der Waals surface area contributed by atoms with Gasteiger partial charge in [-0.05, 0) is 37.6 Å². The van der Waals surface area contributed by atoms with Crippen LogP contribution in [0.25, 0.3) is 0 Å². The number of nitrogens with zero attached hydrogens (tertiary/aromatic N) is 2. The summed E-state index contributed by atoms with van der Waals surface area (Å²) >= 11 is 0. The molecule has 0 aromatic rings. The SMILES string of the molecule is CN(CCC1CCC(CCCN2CCOCC2)CC1)C(=O)O. The van der Waals surface area contributed by atoms with Crippen molar-refractivity contribution in [2.75, 3.05) is 46.4 Å². The smallest absolute Gasteiger partial charge is 0.407 e. The van der Waals surface area contributed by atoms with Crippen LogP contribution < -0.4 is 0 Å². The van der Waals surface area contributed by atoms with Gasteiger partial charge in [0.05, 0.1) is 13.2 Å². The number of rotatable bonds is 7. The summed E-state index contributed by atoms with van der Waals surface area (Å²) in [6, 6.07) is 0. The zero-order valence-corrected chi connectivity index (χ0v) is 14.0. The van der Waals surface area contributed by atoms with Crippen molar-refractivity contribution >= 4 is 6.09 Å². The average molecular weight is 312 g/mol. The highest BCUT2D eigenvalue weighted by molar-refractivity contribution is 5.64. The third kappa shape index (κ3) is 6.13. The number of hydrogen-bond donors (Lipinski definition) is 1. The zero-order valence-electron chi connectivity index (χ0n) is 14.0. The average Bonchev–Trinajstić information content (AvgIpc) is 2.54. The maximum atomic E-state index is 10.8. The number of carboxylic acid groups (broad SMARTS) is 1. The van der Waals surface area contributed by atoms with E-state index in [0.717, 1.165) is 44.6 Å². The van der Waals surface area contributed by atoms with Crippen LogP contribution in [0.1, 0.15) is 44.9 Å².